The summed E-state index contributed by atoms with van der Waals surface area (Å²) in [7, 11) is 0. The van der Waals surface area contributed by atoms with E-state index in [1.807, 2.05) is 72.3 Å². The van der Waals surface area contributed by atoms with E-state index in [1.165, 1.54) is 23.1 Å². The van der Waals surface area contributed by atoms with Crippen LogP contribution in [0.2, 0.25) is 5.02 Å². The van der Waals surface area contributed by atoms with Crippen molar-refractivity contribution < 1.29 is 9.53 Å². The Balaban J connectivity index is 1.38. The Labute approximate surface area is 217 Å². The summed E-state index contributed by atoms with van der Waals surface area (Å²) < 4.78 is 7.98. The number of hydrogen-bond donors (Lipinski definition) is 1. The van der Waals surface area contributed by atoms with E-state index in [1.54, 1.807) is 6.08 Å². The number of anilines is 1. The van der Waals surface area contributed by atoms with Gasteiger partial charge in [-0.2, -0.15) is 0 Å². The minimum atomic E-state index is -0.325. The fraction of sp³-hybridized carbons (Fsp3) is 0.200. The van der Waals surface area contributed by atoms with Gasteiger partial charge < -0.3 is 10.1 Å². The third kappa shape index (κ3) is 6.50. The van der Waals surface area contributed by atoms with E-state index in [4.69, 9.17) is 16.3 Å². The molecule has 0 aliphatic rings. The molecule has 10 heteroatoms. The molecule has 35 heavy (non-hydrogen) atoms. The molecule has 0 bridgehead atoms. The number of hydrogen-bond acceptors (Lipinski definition) is 7. The van der Waals surface area contributed by atoms with Crippen LogP contribution in [0.15, 0.2) is 71.7 Å². The number of aromatic nitrogens is 4. The maximum atomic E-state index is 12.6. The normalized spacial score (nSPS) is 11.7. The van der Waals surface area contributed by atoms with E-state index in [2.05, 4.69) is 27.1 Å². The molecule has 2 heterocycles. The first-order chi connectivity index (χ1) is 16.9. The Bertz CT molecular complexity index is 1320. The second-order valence-electron chi connectivity index (χ2n) is 7.70. The molecule has 1 unspecified atom stereocenters. The van der Waals surface area contributed by atoms with Crippen LogP contribution in [0.25, 0.3) is 11.3 Å². The van der Waals surface area contributed by atoms with Crippen molar-refractivity contribution in [3.05, 3.63) is 83.0 Å². The molecular weight excluding hydrogens is 502 g/mol. The second-order valence-corrected chi connectivity index (χ2v) is 9.94. The molecule has 1 atom stereocenters. The van der Waals surface area contributed by atoms with Crippen LogP contribution >= 0.6 is 34.7 Å². The standard InChI is InChI=1S/C25H24ClN5O2S2/c1-4-12-31-23(17(3)33-20-7-5-6-16(2)13-20)29-30-25(31)35-15-22(32)28-24-27-21(14-34-24)18-8-10-19(26)11-9-18/h4-11,13-14,17H,1,12,15H2,2-3H3,(H,27,28,32). The highest BCUT2D eigenvalue weighted by Crippen LogP contribution is 2.27. The monoisotopic (exact) mass is 525 g/mol. The van der Waals surface area contributed by atoms with Gasteiger partial charge in [0.2, 0.25) is 5.91 Å². The molecule has 4 aromatic rings. The lowest BCUT2D eigenvalue weighted by atomic mass is 10.2. The van der Waals surface area contributed by atoms with Crippen LogP contribution in [-0.4, -0.2) is 31.4 Å². The van der Waals surface area contributed by atoms with Crippen molar-refractivity contribution in [2.45, 2.75) is 31.7 Å². The largest absolute Gasteiger partial charge is 0.483 e. The van der Waals surface area contributed by atoms with Crippen molar-refractivity contribution in [3.8, 4) is 17.0 Å². The summed E-state index contributed by atoms with van der Waals surface area (Å²) >= 11 is 8.62. The summed E-state index contributed by atoms with van der Waals surface area (Å²) in [5.74, 6) is 1.42. The lowest BCUT2D eigenvalue weighted by molar-refractivity contribution is -0.113. The van der Waals surface area contributed by atoms with E-state index in [0.29, 0.717) is 27.7 Å². The predicted molar refractivity (Wildman–Crippen MR) is 142 cm³/mol. The van der Waals surface area contributed by atoms with Gasteiger partial charge in [0.1, 0.15) is 5.75 Å². The van der Waals surface area contributed by atoms with Gasteiger partial charge in [-0.25, -0.2) is 4.98 Å². The Kier molecular flexibility index (Phi) is 8.22. The van der Waals surface area contributed by atoms with Crippen LogP contribution in [0, 0.1) is 6.92 Å². The van der Waals surface area contributed by atoms with Crippen LogP contribution < -0.4 is 10.1 Å². The number of thioether (sulfide) groups is 1. The number of rotatable bonds is 10. The molecule has 0 saturated heterocycles. The minimum Gasteiger partial charge on any atom is -0.483 e. The molecule has 2 aromatic carbocycles. The maximum absolute atomic E-state index is 12.6. The van der Waals surface area contributed by atoms with Crippen molar-refractivity contribution in [1.29, 1.82) is 0 Å². The molecular formula is C25H24ClN5O2S2. The number of allylic oxidation sites excluding steroid dienone is 1. The first-order valence-corrected chi connectivity index (χ1v) is 13.1. The quantitative estimate of drug-likeness (QED) is 0.190. The molecule has 0 fully saturated rings. The zero-order chi connectivity index (χ0) is 24.8. The molecule has 0 spiro atoms. The molecule has 0 saturated carbocycles. The van der Waals surface area contributed by atoms with Gasteiger partial charge in [0, 0.05) is 22.5 Å². The SMILES string of the molecule is C=CCn1c(SCC(=O)Nc2nc(-c3ccc(Cl)cc3)cs2)nnc1C(C)Oc1cccc(C)c1. The van der Waals surface area contributed by atoms with E-state index in [0.717, 1.165) is 22.6 Å². The van der Waals surface area contributed by atoms with Gasteiger partial charge >= 0.3 is 0 Å². The molecule has 7 nitrogen and oxygen atoms in total. The summed E-state index contributed by atoms with van der Waals surface area (Å²) in [6, 6.07) is 15.3. The van der Waals surface area contributed by atoms with Crippen LogP contribution in [0.3, 0.4) is 0 Å². The fourth-order valence-corrected chi connectivity index (χ4v) is 4.94. The number of thiazole rings is 1. The molecule has 0 aliphatic carbocycles. The van der Waals surface area contributed by atoms with Crippen LogP contribution in [0.1, 0.15) is 24.4 Å². The van der Waals surface area contributed by atoms with Gasteiger partial charge in [-0.05, 0) is 43.7 Å². The van der Waals surface area contributed by atoms with Gasteiger partial charge in [0.25, 0.3) is 0 Å². The Morgan fingerprint density at radius 2 is 2.09 bits per heavy atom. The Hall–Kier alpha value is -3.14. The van der Waals surface area contributed by atoms with Crippen molar-refractivity contribution >= 4 is 45.7 Å². The van der Waals surface area contributed by atoms with Crippen molar-refractivity contribution in [1.82, 2.24) is 19.7 Å². The van der Waals surface area contributed by atoms with Gasteiger partial charge in [-0.15, -0.1) is 28.1 Å². The predicted octanol–water partition coefficient (Wildman–Crippen LogP) is 6.42. The molecule has 4 rings (SSSR count). The third-order valence-electron chi connectivity index (χ3n) is 4.95. The number of nitrogens with one attached hydrogen (secondary N) is 1. The summed E-state index contributed by atoms with van der Waals surface area (Å²) in [4.78, 5) is 17.1. The number of amides is 1. The van der Waals surface area contributed by atoms with E-state index < -0.39 is 0 Å². The first-order valence-electron chi connectivity index (χ1n) is 10.8. The van der Waals surface area contributed by atoms with Crippen molar-refractivity contribution in [3.63, 3.8) is 0 Å². The molecule has 0 radical (unpaired) electrons. The van der Waals surface area contributed by atoms with Gasteiger partial charge in [0.05, 0.1) is 11.4 Å². The Morgan fingerprint density at radius 1 is 1.29 bits per heavy atom. The van der Waals surface area contributed by atoms with Gasteiger partial charge in [-0.1, -0.05) is 53.7 Å². The number of nitrogens with zero attached hydrogens (tertiary/aromatic N) is 4. The highest BCUT2D eigenvalue weighted by Gasteiger charge is 2.20. The van der Waals surface area contributed by atoms with E-state index in [-0.39, 0.29) is 17.8 Å². The summed E-state index contributed by atoms with van der Waals surface area (Å²) in [6.45, 7) is 8.28. The van der Waals surface area contributed by atoms with Gasteiger partial charge in [0.15, 0.2) is 22.2 Å². The summed E-state index contributed by atoms with van der Waals surface area (Å²) in [5, 5.41) is 15.2. The minimum absolute atomic E-state index is 0.165. The number of carbonyl (C=O) groups excluding carboxylic acids is 1. The second kappa shape index (κ2) is 11.5. The molecule has 1 amide bonds. The van der Waals surface area contributed by atoms with Crippen LogP contribution in [0.5, 0.6) is 5.75 Å². The molecule has 1 N–H and O–H groups in total. The lowest BCUT2D eigenvalue weighted by Gasteiger charge is -2.16. The molecule has 0 aliphatic heterocycles. The number of ether oxygens (including phenoxy) is 1. The summed E-state index contributed by atoms with van der Waals surface area (Å²) in [5.41, 5.74) is 2.84. The van der Waals surface area contributed by atoms with Crippen molar-refractivity contribution in [2.24, 2.45) is 0 Å². The van der Waals surface area contributed by atoms with Crippen molar-refractivity contribution in [2.75, 3.05) is 11.1 Å². The van der Waals surface area contributed by atoms with Gasteiger partial charge in [-0.3, -0.25) is 9.36 Å². The first kappa shape index (κ1) is 25.0. The zero-order valence-corrected chi connectivity index (χ0v) is 21.7. The zero-order valence-electron chi connectivity index (χ0n) is 19.3. The topological polar surface area (TPSA) is 81.9 Å². The summed E-state index contributed by atoms with van der Waals surface area (Å²) in [6.07, 6.45) is 1.44. The number of benzene rings is 2. The highest BCUT2D eigenvalue weighted by molar-refractivity contribution is 7.99. The third-order valence-corrected chi connectivity index (χ3v) is 6.92. The smallest absolute Gasteiger partial charge is 0.236 e. The van der Waals surface area contributed by atoms with E-state index >= 15 is 0 Å². The average Bonchev–Trinajstić information content (AvgIpc) is 3.46. The molecule has 2 aromatic heterocycles. The average molecular weight is 526 g/mol. The molecule has 180 valence electrons. The lowest BCUT2D eigenvalue weighted by Crippen LogP contribution is -2.15. The van der Waals surface area contributed by atoms with Crippen LogP contribution in [-0.2, 0) is 11.3 Å². The maximum Gasteiger partial charge on any atom is 0.236 e. The Morgan fingerprint density at radius 3 is 2.83 bits per heavy atom. The fourth-order valence-electron chi connectivity index (χ4n) is 3.32. The highest BCUT2D eigenvalue weighted by atomic mass is 35.5. The number of carbonyl (C=O) groups is 1. The number of aryl methyl sites for hydroxylation is 1. The van der Waals surface area contributed by atoms with E-state index in [9.17, 15) is 4.79 Å². The number of halogens is 1. The van der Waals surface area contributed by atoms with Crippen LogP contribution in [0.4, 0.5) is 5.13 Å².